The number of hydrogen-bond acceptors (Lipinski definition) is 6. The summed E-state index contributed by atoms with van der Waals surface area (Å²) >= 11 is 0. The first-order chi connectivity index (χ1) is 13.9. The largest absolute Gasteiger partial charge is 0.511 e. The van der Waals surface area contributed by atoms with E-state index in [4.69, 9.17) is 24.5 Å². The topological polar surface area (TPSA) is 84.8 Å². The molecule has 0 amide bonds. The predicted octanol–water partition coefficient (Wildman–Crippen LogP) is 4.52. The normalized spacial score (nSPS) is 13.1. The van der Waals surface area contributed by atoms with Crippen LogP contribution in [0.5, 0.6) is 11.5 Å². The maximum absolute atomic E-state index is 10.8. The number of aryl methyl sites for hydroxylation is 1. The highest BCUT2D eigenvalue weighted by molar-refractivity contribution is 5.85. The Hall–Kier alpha value is -3.35. The van der Waals surface area contributed by atoms with Gasteiger partial charge < -0.3 is 19.5 Å². The molecule has 0 spiro atoms. The summed E-state index contributed by atoms with van der Waals surface area (Å²) in [5.74, 6) is 1.88. The van der Waals surface area contributed by atoms with Gasteiger partial charge >= 0.3 is 6.16 Å². The Morgan fingerprint density at radius 3 is 2.76 bits per heavy atom. The number of benzene rings is 2. The van der Waals surface area contributed by atoms with Crippen LogP contribution in [0, 0.1) is 0 Å². The van der Waals surface area contributed by atoms with E-state index in [0.717, 1.165) is 42.3 Å². The fourth-order valence-corrected chi connectivity index (χ4v) is 3.38. The van der Waals surface area contributed by atoms with Gasteiger partial charge in [-0.15, -0.1) is 0 Å². The lowest BCUT2D eigenvalue weighted by atomic mass is 10.0. The van der Waals surface area contributed by atoms with Crippen molar-refractivity contribution < 1.29 is 19.4 Å². The van der Waals surface area contributed by atoms with Crippen molar-refractivity contribution >= 4 is 23.0 Å². The van der Waals surface area contributed by atoms with E-state index in [1.807, 2.05) is 19.2 Å². The van der Waals surface area contributed by atoms with Crippen LogP contribution in [0.3, 0.4) is 0 Å². The van der Waals surface area contributed by atoms with Crippen LogP contribution in [0.4, 0.5) is 10.6 Å². The minimum absolute atomic E-state index is 0.208. The van der Waals surface area contributed by atoms with E-state index in [1.54, 1.807) is 18.2 Å². The summed E-state index contributed by atoms with van der Waals surface area (Å²) in [5.41, 5.74) is 4.20. The Labute approximate surface area is 168 Å². The second kappa shape index (κ2) is 7.58. The lowest BCUT2D eigenvalue weighted by Crippen LogP contribution is -2.27. The number of anilines is 1. The van der Waals surface area contributed by atoms with E-state index < -0.39 is 6.16 Å². The fourth-order valence-electron chi connectivity index (χ4n) is 3.38. The number of nitrogens with zero attached hydrogens (tertiary/aromatic N) is 3. The third kappa shape index (κ3) is 3.81. The first kappa shape index (κ1) is 19.0. The van der Waals surface area contributed by atoms with Crippen LogP contribution in [0.25, 0.3) is 22.3 Å². The van der Waals surface area contributed by atoms with Crippen LogP contribution >= 0.6 is 0 Å². The van der Waals surface area contributed by atoms with Crippen molar-refractivity contribution in [2.45, 2.75) is 32.7 Å². The maximum atomic E-state index is 10.8. The molecule has 7 heteroatoms. The molecule has 2 aromatic carbocycles. The molecule has 7 nitrogen and oxygen atoms in total. The van der Waals surface area contributed by atoms with Crippen LogP contribution in [-0.4, -0.2) is 40.9 Å². The molecule has 1 aliphatic rings. The van der Waals surface area contributed by atoms with E-state index in [1.165, 1.54) is 5.56 Å². The van der Waals surface area contributed by atoms with Crippen LogP contribution in [-0.2, 0) is 6.42 Å². The first-order valence-electron chi connectivity index (χ1n) is 9.64. The van der Waals surface area contributed by atoms with Gasteiger partial charge in [-0.1, -0.05) is 0 Å². The van der Waals surface area contributed by atoms with E-state index in [2.05, 4.69) is 24.8 Å². The predicted molar refractivity (Wildman–Crippen MR) is 111 cm³/mol. The van der Waals surface area contributed by atoms with Crippen molar-refractivity contribution in [1.29, 1.82) is 0 Å². The molecular formula is C22H23N3O4. The zero-order valence-corrected chi connectivity index (χ0v) is 16.7. The standard InChI is InChI=1S/C22H23N3O4/c1-13(2)25(3)21-20(15-6-9-19-14(11-15)5-4-10-28-19)23-17-8-7-16(29-22(26)27)12-18(17)24-21/h6-9,11-13H,4-5,10H2,1-3H3,(H,26,27). The highest BCUT2D eigenvalue weighted by Crippen LogP contribution is 2.35. The number of hydrogen-bond donors (Lipinski definition) is 1. The smallest absolute Gasteiger partial charge is 0.493 e. The summed E-state index contributed by atoms with van der Waals surface area (Å²) in [7, 11) is 1.98. The SMILES string of the molecule is CC(C)N(C)c1nc2cc(OC(=O)O)ccc2nc1-c1ccc2c(c1)CCCO2. The van der Waals surface area contributed by atoms with Crippen molar-refractivity contribution in [2.24, 2.45) is 0 Å². The third-order valence-corrected chi connectivity index (χ3v) is 5.11. The molecule has 0 radical (unpaired) electrons. The number of fused-ring (bicyclic) bond motifs is 2. The zero-order chi connectivity index (χ0) is 20.5. The number of ether oxygens (including phenoxy) is 2. The molecule has 0 bridgehead atoms. The van der Waals surface area contributed by atoms with Gasteiger partial charge in [0.1, 0.15) is 17.2 Å². The molecule has 0 unspecified atom stereocenters. The van der Waals surface area contributed by atoms with E-state index in [0.29, 0.717) is 11.0 Å². The van der Waals surface area contributed by atoms with Gasteiger partial charge in [0.05, 0.1) is 17.6 Å². The summed E-state index contributed by atoms with van der Waals surface area (Å²) in [6.45, 7) is 4.92. The Balaban J connectivity index is 1.87. The van der Waals surface area contributed by atoms with Gasteiger partial charge in [0.2, 0.25) is 0 Å². The Bertz CT molecular complexity index is 1080. The zero-order valence-electron chi connectivity index (χ0n) is 16.7. The van der Waals surface area contributed by atoms with E-state index in [-0.39, 0.29) is 11.8 Å². The molecule has 3 aromatic rings. The minimum Gasteiger partial charge on any atom is -0.493 e. The van der Waals surface area contributed by atoms with Crippen LogP contribution in [0.15, 0.2) is 36.4 Å². The third-order valence-electron chi connectivity index (χ3n) is 5.11. The van der Waals surface area contributed by atoms with E-state index in [9.17, 15) is 4.79 Å². The molecule has 2 heterocycles. The molecule has 150 valence electrons. The second-order valence-corrected chi connectivity index (χ2v) is 7.39. The first-order valence-corrected chi connectivity index (χ1v) is 9.64. The van der Waals surface area contributed by atoms with Crippen molar-refractivity contribution in [2.75, 3.05) is 18.6 Å². The highest BCUT2D eigenvalue weighted by Gasteiger charge is 2.19. The van der Waals surface area contributed by atoms with Crippen LogP contribution < -0.4 is 14.4 Å². The van der Waals surface area contributed by atoms with Crippen molar-refractivity contribution in [3.63, 3.8) is 0 Å². The molecule has 4 rings (SSSR count). The highest BCUT2D eigenvalue weighted by atomic mass is 16.7. The summed E-state index contributed by atoms with van der Waals surface area (Å²) in [6, 6.07) is 11.3. The van der Waals surface area contributed by atoms with Crippen molar-refractivity contribution in [3.05, 3.63) is 42.0 Å². The number of rotatable bonds is 4. The Kier molecular flexibility index (Phi) is 4.96. The summed E-state index contributed by atoms with van der Waals surface area (Å²) in [6.07, 6.45) is 0.630. The number of aromatic nitrogens is 2. The molecule has 0 saturated carbocycles. The Morgan fingerprint density at radius 2 is 2.00 bits per heavy atom. The van der Waals surface area contributed by atoms with Crippen molar-refractivity contribution in [1.82, 2.24) is 9.97 Å². The van der Waals surface area contributed by atoms with Gasteiger partial charge in [-0.2, -0.15) is 0 Å². The lowest BCUT2D eigenvalue weighted by molar-refractivity contribution is 0.144. The molecule has 1 aliphatic heterocycles. The molecule has 0 fully saturated rings. The van der Waals surface area contributed by atoms with Gasteiger partial charge in [-0.05, 0) is 62.6 Å². The van der Waals surface area contributed by atoms with Gasteiger partial charge in [0.15, 0.2) is 5.82 Å². The lowest BCUT2D eigenvalue weighted by Gasteiger charge is -2.25. The number of carboxylic acid groups (broad SMARTS) is 1. The molecule has 29 heavy (non-hydrogen) atoms. The molecule has 0 saturated heterocycles. The molecule has 0 aliphatic carbocycles. The molecular weight excluding hydrogens is 370 g/mol. The minimum atomic E-state index is -1.36. The Morgan fingerprint density at radius 1 is 1.17 bits per heavy atom. The van der Waals surface area contributed by atoms with Crippen LogP contribution in [0.2, 0.25) is 0 Å². The van der Waals surface area contributed by atoms with Crippen molar-refractivity contribution in [3.8, 4) is 22.8 Å². The van der Waals surface area contributed by atoms with Gasteiger partial charge in [-0.3, -0.25) is 0 Å². The van der Waals surface area contributed by atoms with E-state index >= 15 is 0 Å². The fraction of sp³-hybridized carbons (Fsp3) is 0.318. The summed E-state index contributed by atoms with van der Waals surface area (Å²) < 4.78 is 10.5. The molecule has 0 atom stereocenters. The molecule has 1 aromatic heterocycles. The average molecular weight is 393 g/mol. The van der Waals surface area contributed by atoms with Gasteiger partial charge in [0.25, 0.3) is 0 Å². The summed E-state index contributed by atoms with van der Waals surface area (Å²) in [5, 5.41) is 8.87. The maximum Gasteiger partial charge on any atom is 0.511 e. The quantitative estimate of drug-likeness (QED) is 0.515. The second-order valence-electron chi connectivity index (χ2n) is 7.39. The summed E-state index contributed by atoms with van der Waals surface area (Å²) in [4.78, 5) is 22.6. The average Bonchev–Trinajstić information content (AvgIpc) is 2.71. The van der Waals surface area contributed by atoms with Crippen LogP contribution in [0.1, 0.15) is 25.8 Å². The van der Waals surface area contributed by atoms with Gasteiger partial charge in [-0.25, -0.2) is 14.8 Å². The number of carbonyl (C=O) groups is 1. The van der Waals surface area contributed by atoms with Gasteiger partial charge in [0, 0.05) is 24.7 Å². The molecule has 1 N–H and O–H groups in total. The monoisotopic (exact) mass is 393 g/mol.